The van der Waals surface area contributed by atoms with Gasteiger partial charge < -0.3 is 20.3 Å². The predicted octanol–water partition coefficient (Wildman–Crippen LogP) is 2.70. The Hall–Kier alpha value is -4.06. The van der Waals surface area contributed by atoms with E-state index in [1.807, 2.05) is 26.0 Å². The molecule has 0 fully saturated rings. The molecule has 166 valence electrons. The third-order valence-electron chi connectivity index (χ3n) is 6.36. The number of aromatic hydroxyl groups is 1. The summed E-state index contributed by atoms with van der Waals surface area (Å²) in [6, 6.07) is 10.6. The molecule has 6 heteroatoms. The summed E-state index contributed by atoms with van der Waals surface area (Å²) < 4.78 is 11.2. The Morgan fingerprint density at radius 3 is 1.70 bits per heavy atom. The lowest BCUT2D eigenvalue weighted by Gasteiger charge is -2.10. The highest BCUT2D eigenvalue weighted by molar-refractivity contribution is 6.21. The fourth-order valence-electron chi connectivity index (χ4n) is 4.60. The third kappa shape index (κ3) is 3.09. The topological polar surface area (TPSA) is 98.8 Å². The number of benzene rings is 3. The average molecular weight is 441 g/mol. The number of aryl methyl sites for hydroxylation is 4. The first-order chi connectivity index (χ1) is 15.7. The zero-order valence-corrected chi connectivity index (χ0v) is 18.8. The van der Waals surface area contributed by atoms with E-state index in [0.29, 0.717) is 49.8 Å². The summed E-state index contributed by atoms with van der Waals surface area (Å²) in [4.78, 5) is 25.7. The highest BCUT2D eigenvalue weighted by Gasteiger charge is 2.31. The first-order valence-electron chi connectivity index (χ1n) is 10.8. The first kappa shape index (κ1) is 20.8. The molecular weight excluding hydrogens is 418 g/mol. The molecule has 3 N–H and O–H groups in total. The lowest BCUT2D eigenvalue weighted by Crippen LogP contribution is -2.12. The predicted molar refractivity (Wildman–Crippen MR) is 125 cm³/mol. The van der Waals surface area contributed by atoms with Crippen LogP contribution in [0.5, 0.6) is 17.2 Å². The highest BCUT2D eigenvalue weighted by atomic mass is 16.5. The van der Waals surface area contributed by atoms with Gasteiger partial charge in [-0.15, -0.1) is 0 Å². The van der Waals surface area contributed by atoms with Crippen molar-refractivity contribution >= 4 is 28.8 Å². The van der Waals surface area contributed by atoms with Crippen molar-refractivity contribution in [1.29, 1.82) is 0 Å². The van der Waals surface area contributed by atoms with Crippen molar-refractivity contribution in [2.45, 2.75) is 34.1 Å². The number of phenols is 1. The van der Waals surface area contributed by atoms with E-state index < -0.39 is 11.9 Å². The van der Waals surface area contributed by atoms with Gasteiger partial charge in [-0.25, -0.2) is 9.59 Å². The third-order valence-corrected chi connectivity index (χ3v) is 6.36. The molecule has 0 radical (unpaired) electrons. The van der Waals surface area contributed by atoms with Crippen LogP contribution in [0.1, 0.15) is 40.3 Å². The van der Waals surface area contributed by atoms with Gasteiger partial charge in [0.1, 0.15) is 17.2 Å². The number of hydrogen-bond donors (Lipinski definition) is 2. The van der Waals surface area contributed by atoms with Crippen LogP contribution < -0.4 is 25.6 Å². The molecule has 0 saturated carbocycles. The lowest BCUT2D eigenvalue weighted by molar-refractivity contribution is -0.128. The molecule has 2 heterocycles. The van der Waals surface area contributed by atoms with Crippen LogP contribution in [0.15, 0.2) is 36.4 Å². The summed E-state index contributed by atoms with van der Waals surface area (Å²) in [5.41, 5.74) is 12.2. The van der Waals surface area contributed by atoms with Gasteiger partial charge in [-0.05, 0) is 97.0 Å². The van der Waals surface area contributed by atoms with Gasteiger partial charge in [0.25, 0.3) is 0 Å². The number of hydrogen-bond acceptors (Lipinski definition) is 6. The maximum Gasteiger partial charge on any atom is 0.344 e. The number of anilines is 1. The van der Waals surface area contributed by atoms with E-state index in [-0.39, 0.29) is 5.75 Å². The molecule has 6 nitrogen and oxygen atoms in total. The summed E-state index contributed by atoms with van der Waals surface area (Å²) in [6.45, 7) is 7.47. The second kappa shape index (κ2) is 7.24. The van der Waals surface area contributed by atoms with Gasteiger partial charge >= 0.3 is 11.9 Å². The first-order valence-corrected chi connectivity index (χ1v) is 10.8. The van der Waals surface area contributed by atoms with Crippen LogP contribution >= 0.6 is 0 Å². The molecular formula is C27H23NO5. The maximum absolute atomic E-state index is 12.9. The quantitative estimate of drug-likeness (QED) is 0.368. The second-order valence-corrected chi connectivity index (χ2v) is 8.55. The van der Waals surface area contributed by atoms with E-state index in [1.165, 1.54) is 0 Å². The smallest absolute Gasteiger partial charge is 0.344 e. The standard InChI is InChI=1S/C27H23NO5/c1-5-15-9-17(6-12(2)24(15)28)23-19-11-20-18(10-21(19)33-27(23)31)22(26(30)32-20)16-7-13(3)25(29)14(4)8-16/h6-11,29H,5,28H2,1-4H3. The lowest BCUT2D eigenvalue weighted by atomic mass is 9.95. The SMILES string of the molecule is CCc1cc(C2=c3cc4c(cc3OC2=O)=C(c2cc(C)c(O)c(C)c2)C(=O)O4)cc(C)c1N. The number of ether oxygens (including phenoxy) is 2. The molecule has 0 saturated heterocycles. The molecule has 2 aliphatic rings. The van der Waals surface area contributed by atoms with Crippen LogP contribution in [0.2, 0.25) is 0 Å². The summed E-state index contributed by atoms with van der Waals surface area (Å²) >= 11 is 0. The van der Waals surface area contributed by atoms with Gasteiger partial charge in [0.15, 0.2) is 0 Å². The Kier molecular flexibility index (Phi) is 4.57. The van der Waals surface area contributed by atoms with E-state index in [4.69, 9.17) is 15.2 Å². The highest BCUT2D eigenvalue weighted by Crippen LogP contribution is 2.31. The molecule has 0 bridgehead atoms. The molecule has 33 heavy (non-hydrogen) atoms. The van der Waals surface area contributed by atoms with Gasteiger partial charge in [-0.2, -0.15) is 0 Å². The number of nitrogen functional groups attached to an aromatic ring is 1. The number of fused-ring (bicyclic) bond motifs is 2. The minimum absolute atomic E-state index is 0.193. The van der Waals surface area contributed by atoms with Gasteiger partial charge in [-0.1, -0.05) is 6.92 Å². The minimum Gasteiger partial charge on any atom is -0.507 e. The molecule has 3 aromatic carbocycles. The number of phenolic OH excluding ortho intramolecular Hbond substituents is 1. The number of esters is 2. The van der Waals surface area contributed by atoms with Crippen molar-refractivity contribution in [3.63, 3.8) is 0 Å². The van der Waals surface area contributed by atoms with Crippen LogP contribution in [0.4, 0.5) is 5.69 Å². The van der Waals surface area contributed by atoms with Crippen LogP contribution in [0, 0.1) is 20.8 Å². The largest absolute Gasteiger partial charge is 0.507 e. The van der Waals surface area contributed by atoms with Gasteiger partial charge in [0.05, 0.1) is 11.1 Å². The maximum atomic E-state index is 12.9. The van der Waals surface area contributed by atoms with Crippen molar-refractivity contribution in [2.75, 3.05) is 5.73 Å². The van der Waals surface area contributed by atoms with Crippen LogP contribution in [-0.4, -0.2) is 17.0 Å². The zero-order chi connectivity index (χ0) is 23.6. The van der Waals surface area contributed by atoms with E-state index >= 15 is 0 Å². The molecule has 5 rings (SSSR count). The Labute approximate surface area is 190 Å². The van der Waals surface area contributed by atoms with Gasteiger partial charge in [-0.3, -0.25) is 0 Å². The van der Waals surface area contributed by atoms with Gasteiger partial charge in [0.2, 0.25) is 0 Å². The summed E-state index contributed by atoms with van der Waals surface area (Å²) in [7, 11) is 0. The fraction of sp³-hybridized carbons (Fsp3) is 0.185. The zero-order valence-electron chi connectivity index (χ0n) is 18.8. The summed E-state index contributed by atoms with van der Waals surface area (Å²) in [5.74, 6) is 0.00477. The van der Waals surface area contributed by atoms with Crippen molar-refractivity contribution in [3.05, 3.63) is 80.2 Å². The molecule has 0 aromatic heterocycles. The number of carbonyl (C=O) groups is 2. The molecule has 2 aliphatic heterocycles. The molecule has 0 amide bonds. The molecule has 3 aromatic rings. The van der Waals surface area contributed by atoms with Crippen LogP contribution in [-0.2, 0) is 16.0 Å². The molecule has 0 aliphatic carbocycles. The number of rotatable bonds is 3. The molecule has 0 unspecified atom stereocenters. The Morgan fingerprint density at radius 1 is 0.758 bits per heavy atom. The van der Waals surface area contributed by atoms with E-state index in [1.54, 1.807) is 38.1 Å². The number of carbonyl (C=O) groups excluding carboxylic acids is 2. The van der Waals surface area contributed by atoms with Crippen LogP contribution in [0.3, 0.4) is 0 Å². The normalized spacial score (nSPS) is 14.3. The van der Waals surface area contributed by atoms with Crippen molar-refractivity contribution in [1.82, 2.24) is 0 Å². The van der Waals surface area contributed by atoms with Crippen molar-refractivity contribution in [3.8, 4) is 17.2 Å². The summed E-state index contributed by atoms with van der Waals surface area (Å²) in [5, 5.41) is 11.2. The summed E-state index contributed by atoms with van der Waals surface area (Å²) in [6.07, 6.45) is 0.737. The van der Waals surface area contributed by atoms with Gasteiger partial charge in [0, 0.05) is 16.1 Å². The second-order valence-electron chi connectivity index (χ2n) is 8.55. The van der Waals surface area contributed by atoms with E-state index in [9.17, 15) is 14.7 Å². The van der Waals surface area contributed by atoms with Crippen molar-refractivity contribution in [2.24, 2.45) is 0 Å². The monoisotopic (exact) mass is 441 g/mol. The fourth-order valence-corrected chi connectivity index (χ4v) is 4.60. The number of nitrogens with two attached hydrogens (primary N) is 1. The van der Waals surface area contributed by atoms with E-state index in [0.717, 1.165) is 28.8 Å². The Morgan fingerprint density at radius 2 is 1.21 bits per heavy atom. The molecule has 0 atom stereocenters. The van der Waals surface area contributed by atoms with Crippen molar-refractivity contribution < 1.29 is 24.2 Å². The molecule has 0 spiro atoms. The minimum atomic E-state index is -0.484. The Balaban J connectivity index is 1.77. The van der Waals surface area contributed by atoms with Crippen LogP contribution in [0.25, 0.3) is 11.1 Å². The average Bonchev–Trinajstić information content (AvgIpc) is 3.25. The Bertz CT molecular complexity index is 1510. The van der Waals surface area contributed by atoms with E-state index in [2.05, 4.69) is 0 Å².